The molecule has 7 nitrogen and oxygen atoms in total. The smallest absolute Gasteiger partial charge is 0.224 e. The van der Waals surface area contributed by atoms with E-state index < -0.39 is 0 Å². The number of hydrogen-bond acceptors (Lipinski definition) is 5. The lowest BCUT2D eigenvalue weighted by Crippen LogP contribution is -2.24. The van der Waals surface area contributed by atoms with Gasteiger partial charge in [0.25, 0.3) is 0 Å². The Labute approximate surface area is 132 Å². The monoisotopic (exact) mass is 308 g/mol. The first-order valence-electron chi connectivity index (χ1n) is 7.49. The van der Waals surface area contributed by atoms with Crippen molar-refractivity contribution >= 4 is 17.4 Å². The van der Waals surface area contributed by atoms with E-state index in [0.717, 1.165) is 5.56 Å². The van der Waals surface area contributed by atoms with E-state index in [1.807, 2.05) is 49.5 Å². The summed E-state index contributed by atoms with van der Waals surface area (Å²) in [6.45, 7) is 0.687. The summed E-state index contributed by atoms with van der Waals surface area (Å²) in [5, 5.41) is 16.3. The molecular formula is C16H16N6O. The molecule has 1 saturated heterocycles. The molecule has 3 heterocycles. The van der Waals surface area contributed by atoms with Gasteiger partial charge >= 0.3 is 0 Å². The van der Waals surface area contributed by atoms with E-state index in [2.05, 4.69) is 20.6 Å². The van der Waals surface area contributed by atoms with Crippen LogP contribution in [-0.2, 0) is 4.79 Å². The first kappa shape index (κ1) is 13.7. The van der Waals surface area contributed by atoms with Crippen LogP contribution in [-0.4, -0.2) is 50.3 Å². The minimum absolute atomic E-state index is 0.0779. The van der Waals surface area contributed by atoms with Crippen molar-refractivity contribution in [3.8, 4) is 11.4 Å². The Bertz CT molecular complexity index is 859. The fourth-order valence-electron chi connectivity index (χ4n) is 2.80. The van der Waals surface area contributed by atoms with Crippen LogP contribution in [0, 0.1) is 0 Å². The fraction of sp³-hybridized carbons (Fsp3) is 0.250. The third-order valence-electron chi connectivity index (χ3n) is 3.99. The summed E-state index contributed by atoms with van der Waals surface area (Å²) in [4.78, 5) is 13.4. The maximum atomic E-state index is 11.6. The van der Waals surface area contributed by atoms with Crippen molar-refractivity contribution in [2.45, 2.75) is 12.5 Å². The molecule has 1 amide bonds. The third-order valence-corrected chi connectivity index (χ3v) is 3.99. The predicted octanol–water partition coefficient (Wildman–Crippen LogP) is 1.43. The molecule has 3 aromatic rings. The molecule has 0 unspecified atom stereocenters. The number of rotatable bonds is 3. The summed E-state index contributed by atoms with van der Waals surface area (Å²) in [5.41, 5.74) is 1.65. The van der Waals surface area contributed by atoms with Crippen LogP contribution in [0.5, 0.6) is 0 Å². The number of fused-ring (bicyclic) bond motifs is 1. The predicted molar refractivity (Wildman–Crippen MR) is 85.9 cm³/mol. The maximum absolute atomic E-state index is 11.6. The topological polar surface area (TPSA) is 75.4 Å². The van der Waals surface area contributed by atoms with Gasteiger partial charge in [-0.05, 0) is 12.1 Å². The van der Waals surface area contributed by atoms with E-state index in [9.17, 15) is 4.79 Å². The number of carbonyl (C=O) groups is 1. The Morgan fingerprint density at radius 1 is 1.13 bits per heavy atom. The molecule has 1 aliphatic heterocycles. The van der Waals surface area contributed by atoms with Crippen LogP contribution in [0.25, 0.3) is 17.0 Å². The van der Waals surface area contributed by atoms with Gasteiger partial charge < -0.3 is 10.2 Å². The van der Waals surface area contributed by atoms with Crippen LogP contribution in [0.2, 0.25) is 0 Å². The number of nitrogens with zero attached hydrogens (tertiary/aromatic N) is 5. The summed E-state index contributed by atoms with van der Waals surface area (Å²) in [5.74, 6) is 1.56. The second-order valence-electron chi connectivity index (χ2n) is 5.70. The SMILES string of the molecule is CN1C[C@H](Nc2ccc3nnc(-c4ccccc4)n3n2)CC1=O. The highest BCUT2D eigenvalue weighted by Gasteiger charge is 2.26. The van der Waals surface area contributed by atoms with Gasteiger partial charge in [0.2, 0.25) is 5.91 Å². The lowest BCUT2D eigenvalue weighted by atomic mass is 10.2. The van der Waals surface area contributed by atoms with Crippen molar-refractivity contribution < 1.29 is 4.79 Å². The van der Waals surface area contributed by atoms with Gasteiger partial charge in [-0.1, -0.05) is 30.3 Å². The van der Waals surface area contributed by atoms with Crippen molar-refractivity contribution in [3.63, 3.8) is 0 Å². The van der Waals surface area contributed by atoms with Gasteiger partial charge in [-0.25, -0.2) is 0 Å². The lowest BCUT2D eigenvalue weighted by molar-refractivity contribution is -0.126. The van der Waals surface area contributed by atoms with Gasteiger partial charge in [0.1, 0.15) is 5.82 Å². The van der Waals surface area contributed by atoms with E-state index >= 15 is 0 Å². The number of benzene rings is 1. The molecule has 7 heteroatoms. The van der Waals surface area contributed by atoms with E-state index in [0.29, 0.717) is 30.3 Å². The number of nitrogens with one attached hydrogen (secondary N) is 1. The van der Waals surface area contributed by atoms with Crippen LogP contribution in [0.4, 0.5) is 5.82 Å². The van der Waals surface area contributed by atoms with E-state index in [-0.39, 0.29) is 11.9 Å². The van der Waals surface area contributed by atoms with Crippen molar-refractivity contribution in [2.75, 3.05) is 18.9 Å². The Morgan fingerprint density at radius 3 is 2.70 bits per heavy atom. The number of aromatic nitrogens is 4. The molecule has 0 saturated carbocycles. The summed E-state index contributed by atoms with van der Waals surface area (Å²) in [6.07, 6.45) is 0.490. The standard InChI is InChI=1S/C16H16N6O/c1-21-10-12(9-15(21)23)17-13-7-8-14-18-19-16(22(14)20-13)11-5-3-2-4-6-11/h2-8,12H,9-10H2,1H3,(H,17,20)/t12-/m1/s1. The van der Waals surface area contributed by atoms with Crippen LogP contribution in [0.3, 0.4) is 0 Å². The molecule has 1 aromatic carbocycles. The van der Waals surface area contributed by atoms with Gasteiger partial charge in [0.05, 0.1) is 6.04 Å². The summed E-state index contributed by atoms with van der Waals surface area (Å²) in [6, 6.07) is 13.6. The minimum Gasteiger partial charge on any atom is -0.364 e. The Hall–Kier alpha value is -2.96. The van der Waals surface area contributed by atoms with Crippen LogP contribution >= 0.6 is 0 Å². The van der Waals surface area contributed by atoms with Crippen molar-refractivity contribution in [1.82, 2.24) is 24.7 Å². The average Bonchev–Trinajstić information content (AvgIpc) is 3.11. The molecule has 2 aromatic heterocycles. The van der Waals surface area contributed by atoms with E-state index in [4.69, 9.17) is 0 Å². The number of likely N-dealkylation sites (tertiary alicyclic amines) is 1. The molecule has 0 radical (unpaired) electrons. The van der Waals surface area contributed by atoms with Crippen LogP contribution < -0.4 is 5.32 Å². The Balaban J connectivity index is 1.66. The molecule has 0 bridgehead atoms. The number of carbonyl (C=O) groups excluding carboxylic acids is 1. The highest BCUT2D eigenvalue weighted by molar-refractivity contribution is 5.79. The zero-order chi connectivity index (χ0) is 15.8. The molecule has 0 aliphatic carbocycles. The second-order valence-corrected chi connectivity index (χ2v) is 5.70. The van der Waals surface area contributed by atoms with Gasteiger partial charge in [-0.15, -0.1) is 15.3 Å². The molecule has 1 aliphatic rings. The molecule has 1 N–H and O–H groups in total. The Kier molecular flexibility index (Phi) is 3.18. The molecule has 0 spiro atoms. The zero-order valence-electron chi connectivity index (χ0n) is 12.7. The highest BCUT2D eigenvalue weighted by Crippen LogP contribution is 2.19. The van der Waals surface area contributed by atoms with Gasteiger partial charge in [0, 0.05) is 25.6 Å². The fourth-order valence-corrected chi connectivity index (χ4v) is 2.80. The third kappa shape index (κ3) is 2.50. The second kappa shape index (κ2) is 5.35. The Morgan fingerprint density at radius 2 is 1.96 bits per heavy atom. The van der Waals surface area contributed by atoms with Gasteiger partial charge in [-0.2, -0.15) is 4.52 Å². The largest absolute Gasteiger partial charge is 0.364 e. The van der Waals surface area contributed by atoms with Gasteiger partial charge in [0.15, 0.2) is 11.5 Å². The molecule has 1 atom stereocenters. The quantitative estimate of drug-likeness (QED) is 0.792. The molecule has 4 rings (SSSR count). The molecule has 1 fully saturated rings. The number of hydrogen-bond donors (Lipinski definition) is 1. The van der Waals surface area contributed by atoms with Crippen molar-refractivity contribution in [2.24, 2.45) is 0 Å². The number of amides is 1. The van der Waals surface area contributed by atoms with Crippen molar-refractivity contribution in [3.05, 3.63) is 42.5 Å². The van der Waals surface area contributed by atoms with E-state index in [1.165, 1.54) is 0 Å². The zero-order valence-corrected chi connectivity index (χ0v) is 12.7. The van der Waals surface area contributed by atoms with Crippen LogP contribution in [0.15, 0.2) is 42.5 Å². The molecular weight excluding hydrogens is 292 g/mol. The maximum Gasteiger partial charge on any atom is 0.224 e. The highest BCUT2D eigenvalue weighted by atomic mass is 16.2. The van der Waals surface area contributed by atoms with Crippen molar-refractivity contribution in [1.29, 1.82) is 0 Å². The summed E-state index contributed by atoms with van der Waals surface area (Å²) < 4.78 is 1.72. The summed E-state index contributed by atoms with van der Waals surface area (Å²) >= 11 is 0. The normalized spacial score (nSPS) is 17.9. The minimum atomic E-state index is 0.0779. The number of likely N-dealkylation sites (N-methyl/N-ethyl adjacent to an activating group) is 1. The lowest BCUT2D eigenvalue weighted by Gasteiger charge is -2.13. The molecule has 23 heavy (non-hydrogen) atoms. The van der Waals surface area contributed by atoms with Gasteiger partial charge in [-0.3, -0.25) is 4.79 Å². The first-order chi connectivity index (χ1) is 11.2. The first-order valence-corrected chi connectivity index (χ1v) is 7.49. The summed E-state index contributed by atoms with van der Waals surface area (Å²) in [7, 11) is 1.81. The van der Waals surface area contributed by atoms with E-state index in [1.54, 1.807) is 9.42 Å². The number of anilines is 1. The molecule has 116 valence electrons. The van der Waals surface area contributed by atoms with Crippen LogP contribution in [0.1, 0.15) is 6.42 Å². The average molecular weight is 308 g/mol.